The number of aliphatic carboxylic acids is 2. The Morgan fingerprint density at radius 2 is 1.40 bits per heavy atom. The Morgan fingerprint density at radius 3 is 1.83 bits per heavy atom. The van der Waals surface area contributed by atoms with Crippen LogP contribution in [-0.2, 0) is 16.1 Å². The van der Waals surface area contributed by atoms with Gasteiger partial charge in [-0.3, -0.25) is 9.80 Å². The molecule has 0 aromatic carbocycles. The number of rotatable bonds is 9. The van der Waals surface area contributed by atoms with Gasteiger partial charge in [-0.1, -0.05) is 4.98 Å². The maximum atomic E-state index is 10.9. The summed E-state index contributed by atoms with van der Waals surface area (Å²) in [7, 11) is 0. The number of carbonyl (C=O) groups is 2. The molecule has 0 atom stereocenters. The molecule has 0 saturated carbocycles. The third kappa shape index (κ3) is 9.59. The van der Waals surface area contributed by atoms with Gasteiger partial charge in [-0.05, 0) is 11.3 Å². The topological polar surface area (TPSA) is 151 Å². The molecule has 0 bridgehead atoms. The second-order valence-corrected chi connectivity index (χ2v) is 6.67. The molecule has 0 aliphatic carbocycles. The molecule has 0 radical (unpaired) electrons. The Labute approximate surface area is 183 Å². The van der Waals surface area contributed by atoms with Crippen molar-refractivity contribution in [3.8, 4) is 0 Å². The molecule has 164 valence electrons. The monoisotopic (exact) mass is 441 g/mol. The third-order valence-corrected chi connectivity index (χ3v) is 4.63. The van der Waals surface area contributed by atoms with Gasteiger partial charge in [-0.25, -0.2) is 4.57 Å². The normalized spacial score (nSPS) is 16.4. The van der Waals surface area contributed by atoms with Crippen molar-refractivity contribution >= 4 is 35.2 Å². The van der Waals surface area contributed by atoms with Crippen LogP contribution in [0.5, 0.6) is 0 Å². The van der Waals surface area contributed by atoms with Crippen molar-refractivity contribution in [3.05, 3.63) is 22.5 Å². The van der Waals surface area contributed by atoms with Gasteiger partial charge >= 0.3 is 23.3 Å². The van der Waals surface area contributed by atoms with E-state index in [1.807, 2.05) is 0 Å². The largest absolute Gasteiger partial charge is 3.00 e. The van der Waals surface area contributed by atoms with Crippen molar-refractivity contribution in [2.24, 2.45) is 0 Å². The quantitative estimate of drug-likeness (QED) is 0.205. The van der Waals surface area contributed by atoms with E-state index in [1.54, 1.807) is 16.0 Å². The first-order chi connectivity index (χ1) is 13.3. The summed E-state index contributed by atoms with van der Waals surface area (Å²) in [5, 5.41) is 32.8. The number of imidazole rings is 1. The van der Waals surface area contributed by atoms with E-state index < -0.39 is 16.9 Å². The zero-order valence-corrected chi connectivity index (χ0v) is 17.7. The van der Waals surface area contributed by atoms with Gasteiger partial charge in [0, 0.05) is 58.9 Å². The molecule has 0 unspecified atom stereocenters. The summed E-state index contributed by atoms with van der Waals surface area (Å²) in [6.45, 7) is 3.73. The second kappa shape index (κ2) is 14.0. The summed E-state index contributed by atoms with van der Waals surface area (Å²) in [4.78, 5) is 41.5. The zero-order valence-electron chi connectivity index (χ0n) is 16.5. The summed E-state index contributed by atoms with van der Waals surface area (Å²) in [5.41, 5.74) is 0. The van der Waals surface area contributed by atoms with E-state index >= 15 is 0 Å². The van der Waals surface area contributed by atoms with E-state index in [9.17, 15) is 29.9 Å². The molecule has 0 amide bonds. The van der Waals surface area contributed by atoms with Gasteiger partial charge in [-0.2, -0.15) is 0 Å². The molecule has 2 rings (SSSR count). The summed E-state index contributed by atoms with van der Waals surface area (Å²) in [5.74, 6) is -2.56. The van der Waals surface area contributed by atoms with Crippen LogP contribution >= 0.6 is 0 Å². The Balaban J connectivity index is 0.00000420. The van der Waals surface area contributed by atoms with Gasteiger partial charge in [0.2, 0.25) is 0 Å². The minimum atomic E-state index is -1.18. The van der Waals surface area contributed by atoms with Gasteiger partial charge in [0.15, 0.2) is 0 Å². The van der Waals surface area contributed by atoms with E-state index in [-0.39, 0.29) is 41.1 Å². The van der Waals surface area contributed by atoms with Crippen molar-refractivity contribution in [2.75, 3.05) is 58.9 Å². The number of carboxylic acid groups (broad SMARTS) is 2. The van der Waals surface area contributed by atoms with Gasteiger partial charge in [0.25, 0.3) is 0 Å². The summed E-state index contributed by atoms with van der Waals surface area (Å²) >= 11 is 0. The fourth-order valence-electron chi connectivity index (χ4n) is 3.20. The summed E-state index contributed by atoms with van der Waals surface area (Å²) in [6, 6.07) is 0. The molecular formula is C16H24AlFN6O6. The van der Waals surface area contributed by atoms with Gasteiger partial charge in [0.05, 0.1) is 18.5 Å². The first-order valence-corrected chi connectivity index (χ1v) is 9.07. The van der Waals surface area contributed by atoms with E-state index in [4.69, 9.17) is 0 Å². The van der Waals surface area contributed by atoms with E-state index in [0.717, 1.165) is 0 Å². The van der Waals surface area contributed by atoms with Crippen molar-refractivity contribution in [2.45, 2.75) is 13.0 Å². The first-order valence-electron chi connectivity index (χ1n) is 9.07. The van der Waals surface area contributed by atoms with Crippen LogP contribution in [0.1, 0.15) is 6.42 Å². The van der Waals surface area contributed by atoms with E-state index in [2.05, 4.69) is 9.88 Å². The number of halogens is 1. The Bertz CT molecular complexity index is 665. The average Bonchev–Trinajstić information content (AvgIpc) is 3.09. The number of hydrogen-bond acceptors (Lipinski definition) is 10. The van der Waals surface area contributed by atoms with E-state index in [0.29, 0.717) is 58.8 Å². The average molecular weight is 441 g/mol. The molecule has 1 aliphatic rings. The maximum absolute atomic E-state index is 10.9. The van der Waals surface area contributed by atoms with Crippen LogP contribution in [0.15, 0.2) is 12.4 Å². The predicted molar refractivity (Wildman–Crippen MR) is 98.6 cm³/mol. The van der Waals surface area contributed by atoms with Crippen molar-refractivity contribution in [3.63, 3.8) is 0 Å². The van der Waals surface area contributed by atoms with Crippen molar-refractivity contribution < 1.29 is 29.4 Å². The van der Waals surface area contributed by atoms with Crippen LogP contribution in [0.2, 0.25) is 0 Å². The molecule has 2 heterocycles. The molecule has 1 saturated heterocycles. The summed E-state index contributed by atoms with van der Waals surface area (Å²) in [6.07, 6.45) is 3.58. The van der Waals surface area contributed by atoms with E-state index in [1.165, 1.54) is 10.8 Å². The molecule has 30 heavy (non-hydrogen) atoms. The molecule has 1 aliphatic heterocycles. The molecule has 12 nitrogen and oxygen atoms in total. The van der Waals surface area contributed by atoms with Crippen LogP contribution in [0, 0.1) is 10.1 Å². The van der Waals surface area contributed by atoms with Crippen LogP contribution < -0.4 is 14.9 Å². The minimum Gasteiger partial charge on any atom is -1.00 e. The Morgan fingerprint density at radius 1 is 0.933 bits per heavy atom. The maximum Gasteiger partial charge on any atom is 3.00 e. The third-order valence-electron chi connectivity index (χ3n) is 4.63. The molecule has 1 aromatic heterocycles. The number of aromatic nitrogens is 2. The van der Waals surface area contributed by atoms with Crippen LogP contribution in [0.3, 0.4) is 0 Å². The van der Waals surface area contributed by atoms with Gasteiger partial charge in [-0.15, -0.1) is 0 Å². The van der Waals surface area contributed by atoms with Crippen LogP contribution in [0.25, 0.3) is 0 Å². The second-order valence-electron chi connectivity index (χ2n) is 6.67. The Hall–Kier alpha value is -2.11. The standard InChI is InChI=1S/C16H26N6O6.Al.FH/c23-14(24)12-19-8-6-18(7-9-20(11-10-19)13-15(25)26)3-1-4-21-5-2-17-16(21)22(27)28;;/h2,5H,1,3-4,6-13H2,(H,23,24)(H,25,26);;1H/q;+3;/p-3/i;;1-1. The van der Waals surface area contributed by atoms with Crippen LogP contribution in [-0.4, -0.2) is 117 Å². The first kappa shape index (κ1) is 27.9. The smallest absolute Gasteiger partial charge is 1.00 e. The number of nitrogens with zero attached hydrogens (tertiary/aromatic N) is 6. The number of hydrogen-bond donors (Lipinski definition) is 0. The number of carboxylic acids is 2. The van der Waals surface area contributed by atoms with Crippen LogP contribution in [0.4, 0.5) is 5.95 Å². The SMILES string of the molecule is O=C([O-])CN1CCN(CCCn2ccnc2[N+](=O)[O-])CCN(CC(=O)[O-])CC1.[18F-].[Al+3]. The Kier molecular flexibility index (Phi) is 13.0. The van der Waals surface area contributed by atoms with Gasteiger partial charge in [0.1, 0.15) is 12.4 Å². The number of carbonyl (C=O) groups excluding carboxylic acids is 2. The molecule has 14 heteroatoms. The minimum absolute atomic E-state index is 0. The van der Waals surface area contributed by atoms with Crippen molar-refractivity contribution in [1.82, 2.24) is 24.3 Å². The van der Waals surface area contributed by atoms with Gasteiger partial charge < -0.3 is 39.5 Å². The molecule has 0 spiro atoms. The summed E-state index contributed by atoms with van der Waals surface area (Å²) < 4.78 is 1.47. The molecule has 1 aromatic rings. The number of aryl methyl sites for hydroxylation is 1. The molecule has 1 fully saturated rings. The fraction of sp³-hybridized carbons (Fsp3) is 0.688. The predicted octanol–water partition coefficient (Wildman–Crippen LogP) is -6.78. The molecule has 0 N–H and O–H groups in total. The number of nitro groups is 1. The molecular weight excluding hydrogens is 417 g/mol. The fourth-order valence-corrected chi connectivity index (χ4v) is 3.20. The zero-order chi connectivity index (χ0) is 20.5. The van der Waals surface area contributed by atoms with Crippen molar-refractivity contribution in [1.29, 1.82) is 0 Å².